The number of hydrogen-bond donors (Lipinski definition) is 2. The zero-order valence-electron chi connectivity index (χ0n) is 7.25. The second-order valence-electron chi connectivity index (χ2n) is 2.49. The van der Waals surface area contributed by atoms with Crippen LogP contribution in [0.2, 0.25) is 0 Å². The van der Waals surface area contributed by atoms with Crippen LogP contribution in [-0.2, 0) is 4.84 Å². The predicted molar refractivity (Wildman–Crippen MR) is 52.7 cm³/mol. The van der Waals surface area contributed by atoms with E-state index in [-0.39, 0.29) is 31.4 Å². The molecular formula is C6H17Cl2FN2O. The first-order chi connectivity index (χ1) is 4.66. The molecule has 0 bridgehead atoms. The first kappa shape index (κ1) is 18.2. The first-order valence-corrected chi connectivity index (χ1v) is 3.36. The molecule has 0 aliphatic rings. The molecule has 0 radical (unpaired) electrons. The summed E-state index contributed by atoms with van der Waals surface area (Å²) in [4.78, 5) is 4.12. The molecule has 0 heterocycles. The standard InChI is InChI=1S/C6H15FN2O.2ClH/c1-5(2)9-3-6(7)4-10-8;;/h5-6,9H,3-4,8H2,1-2H3;2*1H. The maximum absolute atomic E-state index is 12.5. The fourth-order valence-corrected chi connectivity index (χ4v) is 0.527. The van der Waals surface area contributed by atoms with Gasteiger partial charge in [-0.15, -0.1) is 24.8 Å². The van der Waals surface area contributed by atoms with Crippen molar-refractivity contribution in [1.82, 2.24) is 5.32 Å². The Labute approximate surface area is 85.0 Å². The quantitative estimate of drug-likeness (QED) is 0.685. The van der Waals surface area contributed by atoms with Crippen LogP contribution in [0.5, 0.6) is 0 Å². The topological polar surface area (TPSA) is 47.3 Å². The third-order valence-electron chi connectivity index (χ3n) is 1.02. The molecule has 0 aromatic rings. The number of alkyl halides is 1. The summed E-state index contributed by atoms with van der Waals surface area (Å²) in [5, 5.41) is 2.92. The van der Waals surface area contributed by atoms with E-state index >= 15 is 0 Å². The van der Waals surface area contributed by atoms with Crippen LogP contribution < -0.4 is 11.2 Å². The maximum atomic E-state index is 12.5. The Morgan fingerprint density at radius 3 is 2.25 bits per heavy atom. The highest BCUT2D eigenvalue weighted by atomic mass is 35.5. The molecular weight excluding hydrogens is 206 g/mol. The van der Waals surface area contributed by atoms with Crippen molar-refractivity contribution < 1.29 is 9.23 Å². The lowest BCUT2D eigenvalue weighted by molar-refractivity contribution is 0.0806. The van der Waals surface area contributed by atoms with Gasteiger partial charge in [-0.3, -0.25) is 0 Å². The lowest BCUT2D eigenvalue weighted by atomic mass is 10.3. The van der Waals surface area contributed by atoms with E-state index in [1.807, 2.05) is 13.8 Å². The normalized spacial score (nSPS) is 11.8. The van der Waals surface area contributed by atoms with Crippen LogP contribution in [-0.4, -0.2) is 25.4 Å². The van der Waals surface area contributed by atoms with Gasteiger partial charge in [0, 0.05) is 12.6 Å². The van der Waals surface area contributed by atoms with E-state index in [2.05, 4.69) is 16.1 Å². The SMILES string of the molecule is CC(C)NCC(F)CON.Cl.Cl. The van der Waals surface area contributed by atoms with Crippen molar-refractivity contribution in [2.24, 2.45) is 5.90 Å². The predicted octanol–water partition coefficient (Wildman–Crippen LogP) is 1.06. The third-order valence-corrected chi connectivity index (χ3v) is 1.02. The average Bonchev–Trinajstić information content (AvgIpc) is 1.85. The van der Waals surface area contributed by atoms with Crippen molar-refractivity contribution in [3.05, 3.63) is 0 Å². The van der Waals surface area contributed by atoms with Crippen LogP contribution in [0.1, 0.15) is 13.8 Å². The summed E-state index contributed by atoms with van der Waals surface area (Å²) in [6, 6.07) is 0.302. The summed E-state index contributed by atoms with van der Waals surface area (Å²) < 4.78 is 12.5. The lowest BCUT2D eigenvalue weighted by Crippen LogP contribution is -2.32. The minimum Gasteiger partial charge on any atom is -0.312 e. The maximum Gasteiger partial charge on any atom is 0.138 e. The van der Waals surface area contributed by atoms with Crippen molar-refractivity contribution in [2.75, 3.05) is 13.2 Å². The fourth-order valence-electron chi connectivity index (χ4n) is 0.527. The van der Waals surface area contributed by atoms with Gasteiger partial charge in [-0.25, -0.2) is 10.3 Å². The molecule has 0 saturated carbocycles. The van der Waals surface area contributed by atoms with Crippen molar-refractivity contribution >= 4 is 24.8 Å². The van der Waals surface area contributed by atoms with E-state index in [1.54, 1.807) is 0 Å². The Morgan fingerprint density at radius 1 is 1.42 bits per heavy atom. The summed E-state index contributed by atoms with van der Waals surface area (Å²) in [6.45, 7) is 4.17. The largest absolute Gasteiger partial charge is 0.312 e. The lowest BCUT2D eigenvalue weighted by Gasteiger charge is -2.10. The molecule has 0 aromatic heterocycles. The number of halogens is 3. The molecule has 3 N–H and O–H groups in total. The summed E-state index contributed by atoms with van der Waals surface area (Å²) in [6.07, 6.45) is -1.01. The molecule has 0 spiro atoms. The van der Waals surface area contributed by atoms with E-state index in [4.69, 9.17) is 0 Å². The van der Waals surface area contributed by atoms with E-state index in [9.17, 15) is 4.39 Å². The van der Waals surface area contributed by atoms with E-state index in [1.165, 1.54) is 0 Å². The Bertz CT molecular complexity index is 87.9. The van der Waals surface area contributed by atoms with Crippen LogP contribution in [0.4, 0.5) is 4.39 Å². The van der Waals surface area contributed by atoms with Gasteiger partial charge in [0.1, 0.15) is 12.8 Å². The Kier molecular flexibility index (Phi) is 17.3. The Hall–Kier alpha value is 0.390. The van der Waals surface area contributed by atoms with Gasteiger partial charge >= 0.3 is 0 Å². The first-order valence-electron chi connectivity index (χ1n) is 3.36. The molecule has 1 unspecified atom stereocenters. The van der Waals surface area contributed by atoms with Crippen LogP contribution >= 0.6 is 24.8 Å². The van der Waals surface area contributed by atoms with Crippen molar-refractivity contribution in [1.29, 1.82) is 0 Å². The van der Waals surface area contributed by atoms with Gasteiger partial charge in [0.05, 0.1) is 0 Å². The molecule has 0 aliphatic heterocycles. The van der Waals surface area contributed by atoms with Gasteiger partial charge in [0.25, 0.3) is 0 Å². The van der Waals surface area contributed by atoms with Gasteiger partial charge < -0.3 is 10.2 Å². The Morgan fingerprint density at radius 2 is 1.92 bits per heavy atom. The molecule has 0 aromatic carbocycles. The van der Waals surface area contributed by atoms with Gasteiger partial charge in [-0.05, 0) is 0 Å². The highest BCUT2D eigenvalue weighted by Crippen LogP contribution is 1.88. The summed E-state index contributed by atoms with van der Waals surface area (Å²) >= 11 is 0. The highest BCUT2D eigenvalue weighted by molar-refractivity contribution is 5.85. The van der Waals surface area contributed by atoms with E-state index in [0.29, 0.717) is 12.6 Å². The number of nitrogens with one attached hydrogen (secondary N) is 1. The summed E-state index contributed by atoms with van der Waals surface area (Å²) in [5.41, 5.74) is 0. The molecule has 1 atom stereocenters. The average molecular weight is 223 g/mol. The fraction of sp³-hybridized carbons (Fsp3) is 1.00. The third kappa shape index (κ3) is 13.0. The Balaban J connectivity index is -0.000000405. The van der Waals surface area contributed by atoms with Crippen LogP contribution in [0.15, 0.2) is 0 Å². The van der Waals surface area contributed by atoms with Gasteiger partial charge in [0.15, 0.2) is 0 Å². The minimum atomic E-state index is -1.01. The van der Waals surface area contributed by atoms with Crippen molar-refractivity contribution in [2.45, 2.75) is 26.1 Å². The smallest absolute Gasteiger partial charge is 0.138 e. The number of nitrogens with two attached hydrogens (primary N) is 1. The minimum absolute atomic E-state index is 0. The van der Waals surface area contributed by atoms with Crippen molar-refractivity contribution in [3.8, 4) is 0 Å². The second-order valence-corrected chi connectivity index (χ2v) is 2.49. The zero-order chi connectivity index (χ0) is 7.98. The van der Waals surface area contributed by atoms with Crippen molar-refractivity contribution in [3.63, 3.8) is 0 Å². The monoisotopic (exact) mass is 222 g/mol. The molecule has 0 rings (SSSR count). The van der Waals surface area contributed by atoms with Crippen LogP contribution in [0.3, 0.4) is 0 Å². The van der Waals surface area contributed by atoms with Gasteiger partial charge in [-0.1, -0.05) is 13.8 Å². The summed E-state index contributed by atoms with van der Waals surface area (Å²) in [7, 11) is 0. The van der Waals surface area contributed by atoms with Crippen LogP contribution in [0, 0.1) is 0 Å². The molecule has 0 aliphatic carbocycles. The molecule has 0 amide bonds. The molecule has 6 heteroatoms. The molecule has 0 saturated heterocycles. The second kappa shape index (κ2) is 11.4. The molecule has 3 nitrogen and oxygen atoms in total. The molecule has 78 valence electrons. The van der Waals surface area contributed by atoms with Crippen LogP contribution in [0.25, 0.3) is 0 Å². The van der Waals surface area contributed by atoms with Gasteiger partial charge in [0.2, 0.25) is 0 Å². The van der Waals surface area contributed by atoms with Gasteiger partial charge in [-0.2, -0.15) is 0 Å². The molecule has 0 fully saturated rings. The summed E-state index contributed by atoms with van der Waals surface area (Å²) in [5.74, 6) is 4.67. The number of hydrogen-bond acceptors (Lipinski definition) is 3. The zero-order valence-corrected chi connectivity index (χ0v) is 8.88. The van der Waals surface area contributed by atoms with E-state index in [0.717, 1.165) is 0 Å². The highest BCUT2D eigenvalue weighted by Gasteiger charge is 2.05. The van der Waals surface area contributed by atoms with E-state index < -0.39 is 6.17 Å². The number of rotatable bonds is 5. The molecule has 12 heavy (non-hydrogen) atoms.